The number of aromatic nitrogens is 2. The van der Waals surface area contributed by atoms with E-state index in [2.05, 4.69) is 14.9 Å². The molecule has 3 rings (SSSR count). The third kappa shape index (κ3) is 4.86. The molecular formula is C20H26N4O. The molecule has 0 spiro atoms. The van der Waals surface area contributed by atoms with Gasteiger partial charge in [-0.15, -0.1) is 0 Å². The van der Waals surface area contributed by atoms with Crippen molar-refractivity contribution >= 4 is 5.91 Å². The van der Waals surface area contributed by atoms with E-state index in [-0.39, 0.29) is 5.91 Å². The first-order chi connectivity index (χ1) is 12.1. The van der Waals surface area contributed by atoms with Crippen molar-refractivity contribution in [3.05, 3.63) is 59.7 Å². The molecule has 5 nitrogen and oxygen atoms in total. The number of likely N-dealkylation sites (tertiary alicyclic amines) is 1. The molecule has 0 radical (unpaired) electrons. The van der Waals surface area contributed by atoms with E-state index < -0.39 is 0 Å². The van der Waals surface area contributed by atoms with Crippen LogP contribution in [-0.2, 0) is 13.0 Å². The van der Waals surface area contributed by atoms with Crippen LogP contribution in [0.2, 0.25) is 0 Å². The van der Waals surface area contributed by atoms with E-state index in [4.69, 9.17) is 0 Å². The maximum Gasteiger partial charge on any atom is 0.253 e. The van der Waals surface area contributed by atoms with Crippen molar-refractivity contribution in [2.75, 3.05) is 27.2 Å². The molecule has 1 aromatic carbocycles. The fourth-order valence-corrected chi connectivity index (χ4v) is 3.29. The second-order valence-electron chi connectivity index (χ2n) is 7.04. The van der Waals surface area contributed by atoms with Gasteiger partial charge in [0.2, 0.25) is 0 Å². The van der Waals surface area contributed by atoms with Gasteiger partial charge in [0.25, 0.3) is 5.91 Å². The van der Waals surface area contributed by atoms with Gasteiger partial charge in [-0.1, -0.05) is 18.2 Å². The van der Waals surface area contributed by atoms with Crippen molar-refractivity contribution in [1.29, 1.82) is 0 Å². The molecule has 1 fully saturated rings. The quantitative estimate of drug-likeness (QED) is 0.841. The molecule has 2 aromatic rings. The lowest BCUT2D eigenvalue weighted by Crippen LogP contribution is -2.38. The summed E-state index contributed by atoms with van der Waals surface area (Å²) in [5, 5.41) is 0. The monoisotopic (exact) mass is 338 g/mol. The molecule has 0 atom stereocenters. The zero-order valence-corrected chi connectivity index (χ0v) is 15.1. The second-order valence-corrected chi connectivity index (χ2v) is 7.04. The number of amides is 1. The Balaban J connectivity index is 1.50. The van der Waals surface area contributed by atoms with Crippen LogP contribution in [0.5, 0.6) is 0 Å². The van der Waals surface area contributed by atoms with Crippen molar-refractivity contribution in [1.82, 2.24) is 19.8 Å². The van der Waals surface area contributed by atoms with Gasteiger partial charge in [-0.25, -0.2) is 0 Å². The number of nitrogens with zero attached hydrogens (tertiary/aromatic N) is 4. The van der Waals surface area contributed by atoms with Gasteiger partial charge in [0, 0.05) is 31.4 Å². The summed E-state index contributed by atoms with van der Waals surface area (Å²) >= 11 is 0. The largest absolute Gasteiger partial charge is 0.339 e. The van der Waals surface area contributed by atoms with E-state index in [1.54, 1.807) is 0 Å². The zero-order chi connectivity index (χ0) is 17.6. The summed E-state index contributed by atoms with van der Waals surface area (Å²) in [6.07, 6.45) is 6.78. The SMILES string of the molecule is CN(C)Cc1cnc(CC2CCN(C(=O)c3ccccc3)CC2)cn1. The molecule has 1 aliphatic heterocycles. The van der Waals surface area contributed by atoms with Crippen LogP contribution >= 0.6 is 0 Å². The molecule has 132 valence electrons. The van der Waals surface area contributed by atoms with Crippen molar-refractivity contribution < 1.29 is 4.79 Å². The van der Waals surface area contributed by atoms with Gasteiger partial charge >= 0.3 is 0 Å². The smallest absolute Gasteiger partial charge is 0.253 e. The summed E-state index contributed by atoms with van der Waals surface area (Å²) in [7, 11) is 4.06. The van der Waals surface area contributed by atoms with E-state index in [0.29, 0.717) is 5.92 Å². The lowest BCUT2D eigenvalue weighted by atomic mass is 9.92. The van der Waals surface area contributed by atoms with Crippen LogP contribution in [0.15, 0.2) is 42.7 Å². The molecule has 0 unspecified atom stereocenters. The van der Waals surface area contributed by atoms with Crippen LogP contribution in [-0.4, -0.2) is 52.9 Å². The van der Waals surface area contributed by atoms with E-state index in [1.165, 1.54) is 0 Å². The fraction of sp³-hybridized carbons (Fsp3) is 0.450. The molecular weight excluding hydrogens is 312 g/mol. The number of hydrogen-bond donors (Lipinski definition) is 0. The second kappa shape index (κ2) is 8.21. The summed E-state index contributed by atoms with van der Waals surface area (Å²) in [4.78, 5) is 25.6. The van der Waals surface area contributed by atoms with Gasteiger partial charge < -0.3 is 9.80 Å². The normalized spacial score (nSPS) is 15.6. The lowest BCUT2D eigenvalue weighted by Gasteiger charge is -2.32. The minimum atomic E-state index is 0.145. The third-order valence-electron chi connectivity index (χ3n) is 4.66. The first-order valence-electron chi connectivity index (χ1n) is 8.90. The highest BCUT2D eigenvalue weighted by atomic mass is 16.2. The third-order valence-corrected chi connectivity index (χ3v) is 4.66. The van der Waals surface area contributed by atoms with Gasteiger partial charge in [-0.3, -0.25) is 14.8 Å². The van der Waals surface area contributed by atoms with E-state index in [1.807, 2.05) is 61.7 Å². The van der Waals surface area contributed by atoms with Crippen LogP contribution in [0.4, 0.5) is 0 Å². The molecule has 0 saturated carbocycles. The average molecular weight is 338 g/mol. The van der Waals surface area contributed by atoms with Crippen molar-refractivity contribution in [3.63, 3.8) is 0 Å². The topological polar surface area (TPSA) is 49.3 Å². The number of carbonyl (C=O) groups excluding carboxylic acids is 1. The number of rotatable bonds is 5. The molecule has 1 saturated heterocycles. The summed E-state index contributed by atoms with van der Waals surface area (Å²) in [6, 6.07) is 9.55. The van der Waals surface area contributed by atoms with Gasteiger partial charge in [-0.2, -0.15) is 0 Å². The standard InChI is InChI=1S/C20H26N4O/c1-23(2)15-19-14-21-18(13-22-19)12-16-8-10-24(11-9-16)20(25)17-6-4-3-5-7-17/h3-7,13-14,16H,8-12,15H2,1-2H3. The lowest BCUT2D eigenvalue weighted by molar-refractivity contribution is 0.0690. The molecule has 0 aliphatic carbocycles. The summed E-state index contributed by atoms with van der Waals surface area (Å²) in [5.74, 6) is 0.723. The minimum Gasteiger partial charge on any atom is -0.339 e. The van der Waals surface area contributed by atoms with Crippen LogP contribution in [0, 0.1) is 5.92 Å². The first-order valence-corrected chi connectivity index (χ1v) is 8.90. The summed E-state index contributed by atoms with van der Waals surface area (Å²) in [6.45, 7) is 2.46. The van der Waals surface area contributed by atoms with E-state index in [0.717, 1.165) is 55.8 Å². The Bertz CT molecular complexity index is 677. The predicted molar refractivity (Wildman–Crippen MR) is 98.2 cm³/mol. The van der Waals surface area contributed by atoms with Crippen LogP contribution < -0.4 is 0 Å². The molecule has 5 heteroatoms. The zero-order valence-electron chi connectivity index (χ0n) is 15.1. The molecule has 1 aliphatic rings. The minimum absolute atomic E-state index is 0.145. The van der Waals surface area contributed by atoms with Crippen molar-refractivity contribution in [2.45, 2.75) is 25.8 Å². The Morgan fingerprint density at radius 3 is 2.32 bits per heavy atom. The average Bonchev–Trinajstić information content (AvgIpc) is 2.64. The molecule has 1 aromatic heterocycles. The molecule has 25 heavy (non-hydrogen) atoms. The Morgan fingerprint density at radius 1 is 1.08 bits per heavy atom. The maximum absolute atomic E-state index is 12.5. The van der Waals surface area contributed by atoms with Gasteiger partial charge in [-0.05, 0) is 51.4 Å². The van der Waals surface area contributed by atoms with Gasteiger partial charge in [0.1, 0.15) is 0 Å². The van der Waals surface area contributed by atoms with Crippen molar-refractivity contribution in [3.8, 4) is 0 Å². The van der Waals surface area contributed by atoms with Gasteiger partial charge in [0.15, 0.2) is 0 Å². The van der Waals surface area contributed by atoms with E-state index in [9.17, 15) is 4.79 Å². The Hall–Kier alpha value is -2.27. The van der Waals surface area contributed by atoms with Crippen molar-refractivity contribution in [2.24, 2.45) is 5.92 Å². The number of benzene rings is 1. The highest BCUT2D eigenvalue weighted by Gasteiger charge is 2.24. The molecule has 1 amide bonds. The van der Waals surface area contributed by atoms with E-state index >= 15 is 0 Å². The highest BCUT2D eigenvalue weighted by molar-refractivity contribution is 5.94. The Labute approximate surface area is 149 Å². The maximum atomic E-state index is 12.5. The number of piperidine rings is 1. The van der Waals surface area contributed by atoms with Crippen LogP contribution in [0.3, 0.4) is 0 Å². The molecule has 0 bridgehead atoms. The van der Waals surface area contributed by atoms with Crippen LogP contribution in [0.1, 0.15) is 34.6 Å². The van der Waals surface area contributed by atoms with Crippen LogP contribution in [0.25, 0.3) is 0 Å². The Kier molecular flexibility index (Phi) is 5.76. The summed E-state index contributed by atoms with van der Waals surface area (Å²) in [5.41, 5.74) is 2.83. The number of hydrogen-bond acceptors (Lipinski definition) is 4. The summed E-state index contributed by atoms with van der Waals surface area (Å²) < 4.78 is 0. The molecule has 2 heterocycles. The fourth-order valence-electron chi connectivity index (χ4n) is 3.29. The highest BCUT2D eigenvalue weighted by Crippen LogP contribution is 2.22. The first kappa shape index (κ1) is 17.5. The van der Waals surface area contributed by atoms with Gasteiger partial charge in [0.05, 0.1) is 17.6 Å². The molecule has 0 N–H and O–H groups in total. The predicted octanol–water partition coefficient (Wildman–Crippen LogP) is 2.63. The number of carbonyl (C=O) groups is 1. The Morgan fingerprint density at radius 2 is 1.72 bits per heavy atom.